The predicted molar refractivity (Wildman–Crippen MR) is 148 cm³/mol. The molecule has 1 N–H and O–H groups in total. The van der Waals surface area contributed by atoms with Crippen LogP contribution in [0.4, 0.5) is 0 Å². The van der Waals surface area contributed by atoms with Gasteiger partial charge in [0.05, 0.1) is 0 Å². The molecule has 1 atom stereocenters. The molecule has 188 valence electrons. The van der Waals surface area contributed by atoms with Gasteiger partial charge in [-0.05, 0) is 71.5 Å². The van der Waals surface area contributed by atoms with E-state index in [9.17, 15) is 0 Å². The summed E-state index contributed by atoms with van der Waals surface area (Å²) in [6.07, 6.45) is 3.60. The minimum absolute atomic E-state index is 0.200. The van der Waals surface area contributed by atoms with Crippen LogP contribution in [0.15, 0.2) is 110 Å². The summed E-state index contributed by atoms with van der Waals surface area (Å²) >= 11 is 0. The third kappa shape index (κ3) is 6.60. The van der Waals surface area contributed by atoms with E-state index >= 15 is 0 Å². The van der Waals surface area contributed by atoms with E-state index in [2.05, 4.69) is 60.4 Å². The second kappa shape index (κ2) is 12.3. The van der Waals surface area contributed by atoms with Gasteiger partial charge in [0, 0.05) is 6.04 Å². The number of fused-ring (bicyclic) bond motifs is 1. The van der Waals surface area contributed by atoms with Crippen molar-refractivity contribution in [1.29, 1.82) is 0 Å². The molecule has 0 saturated carbocycles. The predicted octanol–water partition coefficient (Wildman–Crippen LogP) is 6.84. The Bertz CT molecular complexity index is 1290. The second-order valence-corrected chi connectivity index (χ2v) is 9.25. The van der Waals surface area contributed by atoms with Gasteiger partial charge in [-0.3, -0.25) is 0 Å². The number of hydrogen-bond donors (Lipinski definition) is 1. The lowest BCUT2D eigenvalue weighted by Gasteiger charge is -2.29. The summed E-state index contributed by atoms with van der Waals surface area (Å²) in [6, 6.07) is 33.4. The largest absolute Gasteiger partial charge is 0.490 e. The van der Waals surface area contributed by atoms with Crippen LogP contribution in [-0.2, 0) is 26.1 Å². The third-order valence-electron chi connectivity index (χ3n) is 6.57. The molecular weight excluding hydrogens is 458 g/mol. The Balaban J connectivity index is 1.38. The van der Waals surface area contributed by atoms with Crippen molar-refractivity contribution in [3.63, 3.8) is 0 Å². The molecule has 0 bridgehead atoms. The van der Waals surface area contributed by atoms with Gasteiger partial charge in [-0.1, -0.05) is 85.5 Å². The van der Waals surface area contributed by atoms with Crippen LogP contribution in [0.3, 0.4) is 0 Å². The van der Waals surface area contributed by atoms with Crippen molar-refractivity contribution < 1.29 is 14.2 Å². The van der Waals surface area contributed by atoms with Crippen molar-refractivity contribution >= 4 is 0 Å². The summed E-state index contributed by atoms with van der Waals surface area (Å²) < 4.78 is 18.3. The average Bonchev–Trinajstić information content (AvgIpc) is 2.96. The number of hydrogen-bond acceptors (Lipinski definition) is 4. The molecule has 4 aromatic rings. The molecule has 0 aliphatic carbocycles. The Kier molecular flexibility index (Phi) is 8.19. The zero-order chi connectivity index (χ0) is 25.3. The second-order valence-electron chi connectivity index (χ2n) is 9.25. The molecule has 0 fully saturated rings. The van der Waals surface area contributed by atoms with Crippen molar-refractivity contribution in [2.24, 2.45) is 0 Å². The van der Waals surface area contributed by atoms with Gasteiger partial charge >= 0.3 is 0 Å². The van der Waals surface area contributed by atoms with Crippen LogP contribution in [0.1, 0.15) is 33.9 Å². The first-order valence-electron chi connectivity index (χ1n) is 12.8. The molecule has 4 nitrogen and oxygen atoms in total. The highest BCUT2D eigenvalue weighted by atomic mass is 16.5. The van der Waals surface area contributed by atoms with E-state index in [1.54, 1.807) is 6.08 Å². The zero-order valence-electron chi connectivity index (χ0n) is 21.1. The Labute approximate surface area is 219 Å². The third-order valence-corrected chi connectivity index (χ3v) is 6.57. The highest BCUT2D eigenvalue weighted by molar-refractivity contribution is 5.50. The molecule has 1 aliphatic heterocycles. The summed E-state index contributed by atoms with van der Waals surface area (Å²) in [5, 5.41) is 3.71. The van der Waals surface area contributed by atoms with Gasteiger partial charge in [-0.25, -0.2) is 0 Å². The number of ether oxygens (including phenoxy) is 3. The van der Waals surface area contributed by atoms with Crippen LogP contribution < -0.4 is 19.5 Å². The van der Waals surface area contributed by atoms with Crippen LogP contribution in [-0.4, -0.2) is 13.2 Å². The van der Waals surface area contributed by atoms with Crippen molar-refractivity contribution in [2.75, 3.05) is 13.2 Å². The van der Waals surface area contributed by atoms with E-state index in [0.29, 0.717) is 19.8 Å². The lowest BCUT2D eigenvalue weighted by molar-refractivity contribution is 0.254. The molecule has 4 aromatic carbocycles. The maximum atomic E-state index is 6.35. The molecule has 0 aromatic heterocycles. The van der Waals surface area contributed by atoms with Crippen LogP contribution in [0.5, 0.6) is 17.2 Å². The highest BCUT2D eigenvalue weighted by Gasteiger charge is 2.23. The Morgan fingerprint density at radius 2 is 1.35 bits per heavy atom. The maximum absolute atomic E-state index is 6.35. The van der Waals surface area contributed by atoms with Crippen molar-refractivity contribution in [3.05, 3.63) is 138 Å². The lowest BCUT2D eigenvalue weighted by Crippen LogP contribution is -2.31. The molecule has 5 rings (SSSR count). The topological polar surface area (TPSA) is 39.7 Å². The van der Waals surface area contributed by atoms with E-state index in [-0.39, 0.29) is 6.04 Å². The van der Waals surface area contributed by atoms with E-state index in [0.717, 1.165) is 47.8 Å². The molecule has 1 aliphatic rings. The number of benzene rings is 4. The zero-order valence-corrected chi connectivity index (χ0v) is 21.1. The van der Waals surface area contributed by atoms with Gasteiger partial charge in [-0.15, -0.1) is 0 Å². The normalized spacial score (nSPS) is 14.4. The molecule has 0 spiro atoms. The molecule has 1 heterocycles. The van der Waals surface area contributed by atoms with Crippen molar-refractivity contribution in [1.82, 2.24) is 5.32 Å². The number of nitrogens with one attached hydrogen (secondary N) is 1. The Hall–Kier alpha value is -4.02. The first-order chi connectivity index (χ1) is 18.3. The van der Waals surface area contributed by atoms with E-state index in [1.807, 2.05) is 48.5 Å². The van der Waals surface area contributed by atoms with E-state index in [4.69, 9.17) is 14.2 Å². The van der Waals surface area contributed by atoms with Crippen LogP contribution in [0, 0.1) is 0 Å². The fourth-order valence-electron chi connectivity index (χ4n) is 4.64. The Morgan fingerprint density at radius 3 is 1.97 bits per heavy atom. The van der Waals surface area contributed by atoms with Gasteiger partial charge in [0.15, 0.2) is 11.5 Å². The smallest absolute Gasteiger partial charge is 0.162 e. The van der Waals surface area contributed by atoms with Gasteiger partial charge in [0.2, 0.25) is 0 Å². The molecule has 0 amide bonds. The highest BCUT2D eigenvalue weighted by Crippen LogP contribution is 2.37. The van der Waals surface area contributed by atoms with Gasteiger partial charge < -0.3 is 19.5 Å². The maximum Gasteiger partial charge on any atom is 0.162 e. The minimum Gasteiger partial charge on any atom is -0.490 e. The number of rotatable bonds is 11. The summed E-state index contributed by atoms with van der Waals surface area (Å²) in [5.74, 6) is 2.43. The molecule has 0 radical (unpaired) electrons. The summed E-state index contributed by atoms with van der Waals surface area (Å²) in [6.45, 7) is 6.15. The lowest BCUT2D eigenvalue weighted by atomic mass is 9.90. The average molecular weight is 492 g/mol. The summed E-state index contributed by atoms with van der Waals surface area (Å²) in [7, 11) is 0. The van der Waals surface area contributed by atoms with E-state index in [1.165, 1.54) is 16.7 Å². The van der Waals surface area contributed by atoms with Gasteiger partial charge in [0.1, 0.15) is 25.6 Å². The molecule has 0 unspecified atom stereocenters. The van der Waals surface area contributed by atoms with Crippen molar-refractivity contribution in [3.8, 4) is 17.2 Å². The first kappa shape index (κ1) is 24.7. The first-order valence-corrected chi connectivity index (χ1v) is 12.8. The Morgan fingerprint density at radius 1 is 0.730 bits per heavy atom. The SMILES string of the molecule is C=CCOc1ccc(C[C@H]2NCCc3cc(OCc4ccccc4)c(OCc4ccccc4)cc32)cc1. The monoisotopic (exact) mass is 491 g/mol. The fraction of sp³-hybridized carbons (Fsp3) is 0.212. The van der Waals surface area contributed by atoms with Gasteiger partial charge in [0.25, 0.3) is 0 Å². The molecule has 0 saturated heterocycles. The van der Waals surface area contributed by atoms with Crippen LogP contribution >= 0.6 is 0 Å². The standard InChI is InChI=1S/C33H33NO3/c1-2-19-35-29-15-13-25(14-16-29)20-31-30-22-33(37-24-27-11-7-4-8-12-27)32(21-28(30)17-18-34-31)36-23-26-9-5-3-6-10-26/h2-16,21-22,31,34H,1,17-20,23-24H2/t31-/m1/s1. The summed E-state index contributed by atoms with van der Waals surface area (Å²) in [4.78, 5) is 0. The molecule has 37 heavy (non-hydrogen) atoms. The fourth-order valence-corrected chi connectivity index (χ4v) is 4.64. The minimum atomic E-state index is 0.200. The quantitative estimate of drug-likeness (QED) is 0.233. The van der Waals surface area contributed by atoms with Gasteiger partial charge in [-0.2, -0.15) is 0 Å². The van der Waals surface area contributed by atoms with Crippen LogP contribution in [0.2, 0.25) is 0 Å². The molecular formula is C33H33NO3. The summed E-state index contributed by atoms with van der Waals surface area (Å²) in [5.41, 5.74) is 6.10. The van der Waals surface area contributed by atoms with Crippen LogP contribution in [0.25, 0.3) is 0 Å². The van der Waals surface area contributed by atoms with Crippen molar-refractivity contribution in [2.45, 2.75) is 32.1 Å². The van der Waals surface area contributed by atoms with E-state index < -0.39 is 0 Å². The molecule has 4 heteroatoms.